The fourth-order valence-corrected chi connectivity index (χ4v) is 3.74. The van der Waals surface area contributed by atoms with Gasteiger partial charge in [0.05, 0.1) is 16.8 Å². The van der Waals surface area contributed by atoms with Crippen molar-refractivity contribution in [2.24, 2.45) is 7.05 Å². The van der Waals surface area contributed by atoms with E-state index in [9.17, 15) is 18.3 Å². The summed E-state index contributed by atoms with van der Waals surface area (Å²) in [6, 6.07) is 6.65. The lowest BCUT2D eigenvalue weighted by atomic mass is 10.1. The highest BCUT2D eigenvalue weighted by Crippen LogP contribution is 2.36. The van der Waals surface area contributed by atoms with Crippen molar-refractivity contribution in [1.29, 1.82) is 0 Å². The number of alkyl halides is 3. The Kier molecular flexibility index (Phi) is 4.85. The Bertz CT molecular complexity index is 1050. The van der Waals surface area contributed by atoms with Gasteiger partial charge >= 0.3 is 6.18 Å². The molecule has 0 unspecified atom stereocenters. The minimum Gasteiger partial charge on any atom is -0.507 e. The summed E-state index contributed by atoms with van der Waals surface area (Å²) in [6.07, 6.45) is -2.33. The Morgan fingerprint density at radius 3 is 2.62 bits per heavy atom. The molecule has 29 heavy (non-hydrogen) atoms. The van der Waals surface area contributed by atoms with Crippen LogP contribution in [0.1, 0.15) is 18.4 Å². The smallest absolute Gasteiger partial charge is 0.416 e. The van der Waals surface area contributed by atoms with Crippen molar-refractivity contribution in [2.75, 3.05) is 25.5 Å². The first kappa shape index (κ1) is 19.5. The number of phenols is 1. The number of nitrogens with zero attached hydrogens (tertiary/aromatic N) is 4. The van der Waals surface area contributed by atoms with Gasteiger partial charge in [0.2, 0.25) is 5.95 Å². The highest BCUT2D eigenvalue weighted by molar-refractivity contribution is 5.79. The van der Waals surface area contributed by atoms with Crippen LogP contribution >= 0.6 is 0 Å². The number of aromatic hydroxyl groups is 1. The molecule has 154 valence electrons. The molecule has 2 aromatic heterocycles. The second-order valence-electron chi connectivity index (χ2n) is 7.51. The van der Waals surface area contributed by atoms with E-state index in [0.717, 1.165) is 37.5 Å². The van der Waals surface area contributed by atoms with Crippen LogP contribution in [0.2, 0.25) is 0 Å². The molecule has 1 saturated heterocycles. The molecule has 6 nitrogen and oxygen atoms in total. The van der Waals surface area contributed by atoms with Gasteiger partial charge < -0.3 is 19.9 Å². The average Bonchev–Trinajstić information content (AvgIpc) is 2.96. The molecule has 2 N–H and O–H groups in total. The fourth-order valence-electron chi connectivity index (χ4n) is 3.74. The number of anilines is 1. The van der Waals surface area contributed by atoms with Crippen LogP contribution in [0.5, 0.6) is 5.75 Å². The van der Waals surface area contributed by atoms with Gasteiger partial charge in [-0.3, -0.25) is 0 Å². The summed E-state index contributed by atoms with van der Waals surface area (Å²) < 4.78 is 40.4. The minimum atomic E-state index is -4.51. The molecule has 0 amide bonds. The number of pyridine rings is 1. The van der Waals surface area contributed by atoms with Gasteiger partial charge in [0.25, 0.3) is 0 Å². The van der Waals surface area contributed by atoms with Gasteiger partial charge in [0, 0.05) is 25.2 Å². The molecular formula is C20H22F3N5O. The molecule has 3 aromatic rings. The highest BCUT2D eigenvalue weighted by atomic mass is 19.4. The molecule has 0 radical (unpaired) electrons. The van der Waals surface area contributed by atoms with Crippen molar-refractivity contribution < 1.29 is 18.3 Å². The zero-order valence-corrected chi connectivity index (χ0v) is 16.2. The number of likely N-dealkylation sites (N-methyl/N-ethyl adjacent to an activating group) is 1. The molecule has 0 saturated carbocycles. The molecule has 3 heterocycles. The normalized spacial score (nSPS) is 18.3. The lowest BCUT2D eigenvalue weighted by Crippen LogP contribution is -2.40. The van der Waals surface area contributed by atoms with Gasteiger partial charge in [0.15, 0.2) is 5.65 Å². The van der Waals surface area contributed by atoms with Crippen molar-refractivity contribution in [3.8, 4) is 17.0 Å². The number of aromatic nitrogens is 3. The number of likely N-dealkylation sites (tertiary alicyclic amines) is 1. The predicted octanol–water partition coefficient (Wildman–Crippen LogP) is 3.87. The molecule has 4 rings (SSSR count). The molecular weight excluding hydrogens is 383 g/mol. The van der Waals surface area contributed by atoms with E-state index in [2.05, 4.69) is 27.2 Å². The average molecular weight is 405 g/mol. The molecule has 1 aliphatic rings. The Morgan fingerprint density at radius 1 is 1.14 bits per heavy atom. The molecule has 0 bridgehead atoms. The van der Waals surface area contributed by atoms with Crippen LogP contribution in [0.15, 0.2) is 30.3 Å². The number of nitrogens with one attached hydrogen (secondary N) is 1. The van der Waals surface area contributed by atoms with E-state index in [1.165, 1.54) is 6.07 Å². The first-order chi connectivity index (χ1) is 13.7. The topological polar surface area (TPSA) is 66.2 Å². The first-order valence-corrected chi connectivity index (χ1v) is 9.41. The molecule has 1 aromatic carbocycles. The lowest BCUT2D eigenvalue weighted by Gasteiger charge is -2.30. The number of imidazole rings is 1. The third kappa shape index (κ3) is 3.87. The zero-order valence-electron chi connectivity index (χ0n) is 16.2. The molecule has 1 aliphatic heterocycles. The Balaban J connectivity index is 1.65. The quantitative estimate of drug-likeness (QED) is 0.693. The molecule has 1 atom stereocenters. The largest absolute Gasteiger partial charge is 0.507 e. The summed E-state index contributed by atoms with van der Waals surface area (Å²) in [5.74, 6) is 0.229. The predicted molar refractivity (Wildman–Crippen MR) is 105 cm³/mol. The van der Waals surface area contributed by atoms with E-state index in [0.29, 0.717) is 29.4 Å². The SMILES string of the molecule is CN1CCC[C@@H](Nc2nc3nc(-c4ccc(C(F)(F)F)cc4O)ccc3n2C)C1. The molecule has 0 spiro atoms. The third-order valence-corrected chi connectivity index (χ3v) is 5.30. The number of fused-ring (bicyclic) bond motifs is 1. The number of hydrogen-bond donors (Lipinski definition) is 2. The molecule has 0 aliphatic carbocycles. The second kappa shape index (κ2) is 7.22. The second-order valence-corrected chi connectivity index (χ2v) is 7.51. The van der Waals surface area contributed by atoms with Gasteiger partial charge in [-0.15, -0.1) is 0 Å². The van der Waals surface area contributed by atoms with E-state index < -0.39 is 17.5 Å². The number of benzene rings is 1. The Labute approximate surface area is 166 Å². The summed E-state index contributed by atoms with van der Waals surface area (Å²) in [7, 11) is 3.98. The Hall–Kier alpha value is -2.81. The monoisotopic (exact) mass is 405 g/mol. The number of rotatable bonds is 3. The summed E-state index contributed by atoms with van der Waals surface area (Å²) in [4.78, 5) is 11.3. The van der Waals surface area contributed by atoms with Crippen molar-refractivity contribution in [3.05, 3.63) is 35.9 Å². The number of aryl methyl sites for hydroxylation is 1. The summed E-state index contributed by atoms with van der Waals surface area (Å²) in [6.45, 7) is 2.02. The maximum atomic E-state index is 12.8. The van der Waals surface area contributed by atoms with Crippen LogP contribution in [0, 0.1) is 0 Å². The van der Waals surface area contributed by atoms with Gasteiger partial charge in [-0.2, -0.15) is 18.2 Å². The number of halogens is 3. The van der Waals surface area contributed by atoms with Gasteiger partial charge in [-0.25, -0.2) is 4.98 Å². The van der Waals surface area contributed by atoms with E-state index in [1.54, 1.807) is 12.1 Å². The van der Waals surface area contributed by atoms with Crippen LogP contribution in [0.25, 0.3) is 22.4 Å². The fraction of sp³-hybridized carbons (Fsp3) is 0.400. The van der Waals surface area contributed by atoms with E-state index in [4.69, 9.17) is 0 Å². The van der Waals surface area contributed by atoms with Crippen LogP contribution in [-0.2, 0) is 13.2 Å². The maximum absolute atomic E-state index is 12.8. The Morgan fingerprint density at radius 2 is 1.93 bits per heavy atom. The molecule has 1 fully saturated rings. The van der Waals surface area contributed by atoms with Crippen LogP contribution in [0.4, 0.5) is 19.1 Å². The van der Waals surface area contributed by atoms with Crippen molar-refractivity contribution in [3.63, 3.8) is 0 Å². The van der Waals surface area contributed by atoms with Crippen molar-refractivity contribution in [2.45, 2.75) is 25.1 Å². The van der Waals surface area contributed by atoms with Crippen LogP contribution in [0.3, 0.4) is 0 Å². The number of phenolic OH excluding ortho intramolecular Hbond substituents is 1. The summed E-state index contributed by atoms with van der Waals surface area (Å²) >= 11 is 0. The van der Waals surface area contributed by atoms with Gasteiger partial charge in [-0.1, -0.05) is 0 Å². The maximum Gasteiger partial charge on any atom is 0.416 e. The molecule has 9 heteroatoms. The minimum absolute atomic E-state index is 0.231. The van der Waals surface area contributed by atoms with Crippen molar-refractivity contribution in [1.82, 2.24) is 19.4 Å². The van der Waals surface area contributed by atoms with Gasteiger partial charge in [0.1, 0.15) is 5.75 Å². The lowest BCUT2D eigenvalue weighted by molar-refractivity contribution is -0.137. The number of hydrogen-bond acceptors (Lipinski definition) is 5. The standard InChI is InChI=1S/C20H22F3N5O/c1-27-9-3-4-13(11-27)24-19-26-18-16(28(19)2)8-7-15(25-18)14-6-5-12(10-17(14)29)20(21,22)23/h5-8,10,13,29H,3-4,9,11H2,1-2H3,(H,24,25,26)/t13-/m1/s1. The van der Waals surface area contributed by atoms with E-state index in [-0.39, 0.29) is 5.56 Å². The van der Waals surface area contributed by atoms with E-state index in [1.807, 2.05) is 11.6 Å². The van der Waals surface area contributed by atoms with E-state index >= 15 is 0 Å². The number of piperidine rings is 1. The first-order valence-electron chi connectivity index (χ1n) is 9.41. The summed E-state index contributed by atoms with van der Waals surface area (Å²) in [5, 5.41) is 13.6. The summed E-state index contributed by atoms with van der Waals surface area (Å²) in [5.41, 5.74) is 0.962. The highest BCUT2D eigenvalue weighted by Gasteiger charge is 2.31. The van der Waals surface area contributed by atoms with Crippen LogP contribution in [-0.4, -0.2) is 50.7 Å². The van der Waals surface area contributed by atoms with Crippen molar-refractivity contribution >= 4 is 17.1 Å². The van der Waals surface area contributed by atoms with Gasteiger partial charge in [-0.05, 0) is 56.8 Å². The van der Waals surface area contributed by atoms with Crippen LogP contribution < -0.4 is 5.32 Å². The zero-order chi connectivity index (χ0) is 20.8. The third-order valence-electron chi connectivity index (χ3n) is 5.30.